The fourth-order valence-corrected chi connectivity index (χ4v) is 2.63. The molecule has 0 aliphatic heterocycles. The second kappa shape index (κ2) is 13.4. The Kier molecular flexibility index (Phi) is 12.5. The van der Waals surface area contributed by atoms with Crippen LogP contribution < -0.4 is 21.7 Å². The van der Waals surface area contributed by atoms with Gasteiger partial charge in [-0.25, -0.2) is 4.79 Å². The molecule has 0 aliphatic rings. The van der Waals surface area contributed by atoms with Crippen molar-refractivity contribution in [1.29, 1.82) is 0 Å². The van der Waals surface area contributed by atoms with Gasteiger partial charge in [-0.1, -0.05) is 34.1 Å². The summed E-state index contributed by atoms with van der Waals surface area (Å²) in [7, 11) is 0. The SMILES string of the molecule is CCC(C)C(NC(=O)C(N)CS)C(=O)NC(CO)C(=O)NC(CC(C)C)C(=O)O. The summed E-state index contributed by atoms with van der Waals surface area (Å²) in [4.78, 5) is 48.4. The van der Waals surface area contributed by atoms with E-state index in [1.807, 2.05) is 20.8 Å². The molecule has 0 aliphatic carbocycles. The topological polar surface area (TPSA) is 171 Å². The van der Waals surface area contributed by atoms with Gasteiger partial charge in [0.1, 0.15) is 18.1 Å². The quantitative estimate of drug-likeness (QED) is 0.180. The van der Waals surface area contributed by atoms with Gasteiger partial charge in [-0.2, -0.15) is 12.6 Å². The summed E-state index contributed by atoms with van der Waals surface area (Å²) in [6.07, 6.45) is 0.750. The van der Waals surface area contributed by atoms with Gasteiger partial charge in [-0.15, -0.1) is 0 Å². The average molecular weight is 435 g/mol. The maximum atomic E-state index is 12.7. The minimum absolute atomic E-state index is 0.0135. The van der Waals surface area contributed by atoms with Crippen LogP contribution in [0, 0.1) is 11.8 Å². The molecule has 0 rings (SSSR count). The largest absolute Gasteiger partial charge is 0.480 e. The molecule has 0 spiro atoms. The highest BCUT2D eigenvalue weighted by Gasteiger charge is 2.32. The number of amides is 3. The van der Waals surface area contributed by atoms with E-state index in [9.17, 15) is 29.4 Å². The van der Waals surface area contributed by atoms with Crippen LogP contribution in [-0.4, -0.2) is 70.4 Å². The van der Waals surface area contributed by atoms with Gasteiger partial charge in [0.05, 0.1) is 12.6 Å². The third-order valence-corrected chi connectivity index (χ3v) is 4.86. The van der Waals surface area contributed by atoms with Crippen LogP contribution >= 0.6 is 12.6 Å². The molecule has 0 aromatic carbocycles. The Morgan fingerprint density at radius 3 is 1.93 bits per heavy atom. The number of aliphatic hydroxyl groups excluding tert-OH is 1. The van der Waals surface area contributed by atoms with Crippen molar-refractivity contribution in [2.75, 3.05) is 12.4 Å². The second-order valence-electron chi connectivity index (χ2n) is 7.43. The van der Waals surface area contributed by atoms with Crippen molar-refractivity contribution in [2.24, 2.45) is 17.6 Å². The van der Waals surface area contributed by atoms with Crippen LogP contribution in [0.3, 0.4) is 0 Å². The minimum Gasteiger partial charge on any atom is -0.480 e. The van der Waals surface area contributed by atoms with Gasteiger partial charge in [0.25, 0.3) is 0 Å². The molecule has 0 radical (unpaired) electrons. The normalized spacial score (nSPS) is 16.3. The number of hydrogen-bond acceptors (Lipinski definition) is 7. The highest BCUT2D eigenvalue weighted by molar-refractivity contribution is 7.80. The zero-order chi connectivity index (χ0) is 22.7. The highest BCUT2D eigenvalue weighted by Crippen LogP contribution is 2.09. The molecule has 11 heteroatoms. The third kappa shape index (κ3) is 9.46. The predicted molar refractivity (Wildman–Crippen MR) is 111 cm³/mol. The smallest absolute Gasteiger partial charge is 0.326 e. The van der Waals surface area contributed by atoms with E-state index in [2.05, 4.69) is 28.6 Å². The summed E-state index contributed by atoms with van der Waals surface area (Å²) in [5.41, 5.74) is 5.63. The molecule has 0 aromatic heterocycles. The summed E-state index contributed by atoms with van der Waals surface area (Å²) in [5, 5.41) is 26.0. The number of aliphatic carboxylic acids is 1. The first-order chi connectivity index (χ1) is 13.5. The zero-order valence-electron chi connectivity index (χ0n) is 17.3. The summed E-state index contributed by atoms with van der Waals surface area (Å²) < 4.78 is 0. The Bertz CT molecular complexity index is 575. The van der Waals surface area contributed by atoms with Gasteiger partial charge in [0.15, 0.2) is 0 Å². The van der Waals surface area contributed by atoms with E-state index in [-0.39, 0.29) is 24.0 Å². The van der Waals surface area contributed by atoms with E-state index >= 15 is 0 Å². The fourth-order valence-electron chi connectivity index (χ4n) is 2.47. The maximum Gasteiger partial charge on any atom is 0.326 e. The lowest BCUT2D eigenvalue weighted by Gasteiger charge is -2.27. The van der Waals surface area contributed by atoms with Gasteiger partial charge < -0.3 is 31.9 Å². The Labute approximate surface area is 176 Å². The standard InChI is InChI=1S/C18H34N4O6S/c1-5-10(4)14(22-15(24)11(19)8-29)17(26)21-13(7-23)16(25)20-12(18(27)28)6-9(2)3/h9-14,23,29H,5-8,19H2,1-4H3,(H,20,25)(H,21,26)(H,22,24)(H,27,28). The van der Waals surface area contributed by atoms with E-state index in [0.717, 1.165) is 0 Å². The Hall–Kier alpha value is -1.85. The van der Waals surface area contributed by atoms with E-state index in [1.165, 1.54) is 0 Å². The number of carbonyl (C=O) groups is 4. The predicted octanol–water partition coefficient (Wildman–Crippen LogP) is -1.13. The number of carbonyl (C=O) groups excluding carboxylic acids is 3. The first-order valence-corrected chi connectivity index (χ1v) is 10.2. The molecule has 0 fully saturated rings. The van der Waals surface area contributed by atoms with Crippen LogP contribution in [0.25, 0.3) is 0 Å². The van der Waals surface area contributed by atoms with Gasteiger partial charge in [-0.3, -0.25) is 14.4 Å². The van der Waals surface area contributed by atoms with Crippen LogP contribution in [0.2, 0.25) is 0 Å². The van der Waals surface area contributed by atoms with Crippen molar-refractivity contribution >= 4 is 36.3 Å². The first kappa shape index (κ1) is 27.1. The van der Waals surface area contributed by atoms with Crippen molar-refractivity contribution in [3.05, 3.63) is 0 Å². The van der Waals surface area contributed by atoms with E-state index in [0.29, 0.717) is 6.42 Å². The van der Waals surface area contributed by atoms with Crippen LogP contribution in [0.1, 0.15) is 40.5 Å². The van der Waals surface area contributed by atoms with Crippen molar-refractivity contribution in [1.82, 2.24) is 16.0 Å². The molecule has 5 atom stereocenters. The lowest BCUT2D eigenvalue weighted by atomic mass is 9.97. The van der Waals surface area contributed by atoms with Gasteiger partial charge in [-0.05, 0) is 18.3 Å². The van der Waals surface area contributed by atoms with Crippen molar-refractivity contribution < 1.29 is 29.4 Å². The number of carboxylic acids is 1. The molecule has 0 saturated heterocycles. The van der Waals surface area contributed by atoms with Crippen LogP contribution in [0.15, 0.2) is 0 Å². The van der Waals surface area contributed by atoms with Crippen LogP contribution in [0.5, 0.6) is 0 Å². The van der Waals surface area contributed by atoms with Crippen LogP contribution in [-0.2, 0) is 19.2 Å². The van der Waals surface area contributed by atoms with Crippen LogP contribution in [0.4, 0.5) is 0 Å². The molecule has 0 aromatic rings. The highest BCUT2D eigenvalue weighted by atomic mass is 32.1. The van der Waals surface area contributed by atoms with Gasteiger partial charge in [0.2, 0.25) is 17.7 Å². The Morgan fingerprint density at radius 1 is 0.966 bits per heavy atom. The fraction of sp³-hybridized carbons (Fsp3) is 0.778. The summed E-state index contributed by atoms with van der Waals surface area (Å²) in [6.45, 7) is 6.46. The molecule has 0 bridgehead atoms. The van der Waals surface area contributed by atoms with Gasteiger partial charge >= 0.3 is 5.97 Å². The number of aliphatic hydroxyl groups is 1. The molecule has 5 unspecified atom stereocenters. The number of carboxylic acid groups (broad SMARTS) is 1. The molecule has 10 nitrogen and oxygen atoms in total. The molecular weight excluding hydrogens is 400 g/mol. The summed E-state index contributed by atoms with van der Waals surface area (Å²) in [5.74, 6) is -3.44. The number of thiol groups is 1. The average Bonchev–Trinajstić information content (AvgIpc) is 2.67. The van der Waals surface area contributed by atoms with E-state index in [4.69, 9.17) is 5.73 Å². The molecular formula is C18H34N4O6S. The summed E-state index contributed by atoms with van der Waals surface area (Å²) in [6, 6.07) is -4.39. The van der Waals surface area contributed by atoms with E-state index in [1.54, 1.807) is 6.92 Å². The molecule has 0 saturated carbocycles. The van der Waals surface area contributed by atoms with Crippen molar-refractivity contribution in [3.63, 3.8) is 0 Å². The molecule has 3 amide bonds. The molecule has 0 heterocycles. The first-order valence-electron chi connectivity index (χ1n) is 9.59. The van der Waals surface area contributed by atoms with E-state index < -0.39 is 54.5 Å². The second-order valence-corrected chi connectivity index (χ2v) is 7.80. The third-order valence-electron chi connectivity index (χ3n) is 4.46. The molecule has 29 heavy (non-hydrogen) atoms. The minimum atomic E-state index is -1.36. The van der Waals surface area contributed by atoms with Gasteiger partial charge in [0, 0.05) is 5.75 Å². The lowest BCUT2D eigenvalue weighted by molar-refractivity contribution is -0.143. The number of nitrogens with two attached hydrogens (primary N) is 1. The summed E-state index contributed by atoms with van der Waals surface area (Å²) >= 11 is 3.95. The lowest BCUT2D eigenvalue weighted by Crippen LogP contribution is -2.59. The van der Waals surface area contributed by atoms with Crippen molar-refractivity contribution in [2.45, 2.75) is 64.7 Å². The number of nitrogens with one attached hydrogen (secondary N) is 3. The number of rotatable bonds is 13. The molecule has 7 N–H and O–H groups in total. The maximum absolute atomic E-state index is 12.7. The Morgan fingerprint density at radius 2 is 1.52 bits per heavy atom. The monoisotopic (exact) mass is 434 g/mol. The molecule has 168 valence electrons. The zero-order valence-corrected chi connectivity index (χ0v) is 18.2. The number of hydrogen-bond donors (Lipinski definition) is 7. The Balaban J connectivity index is 5.24. The van der Waals surface area contributed by atoms with Crippen molar-refractivity contribution in [3.8, 4) is 0 Å².